The van der Waals surface area contributed by atoms with Crippen molar-refractivity contribution in [2.45, 2.75) is 0 Å². The molecular weight excluding hydrogens is 669 g/mol. The van der Waals surface area contributed by atoms with Gasteiger partial charge in [0.15, 0.2) is 5.82 Å². The summed E-state index contributed by atoms with van der Waals surface area (Å²) in [5, 5.41) is -2.05. The third-order valence-electron chi connectivity index (χ3n) is 8.37. The zero-order chi connectivity index (χ0) is 59.2. The zero-order valence-corrected chi connectivity index (χ0v) is 27.9. The lowest BCUT2D eigenvalue weighted by Crippen LogP contribution is -2.10. The fourth-order valence-corrected chi connectivity index (χ4v) is 6.02. The topological polar surface area (TPSA) is 41.9 Å². The largest absolute Gasteiger partial charge is 0.310 e. The van der Waals surface area contributed by atoms with Gasteiger partial charge < -0.3 is 4.90 Å². The number of hydrogen-bond donors (Lipinski definition) is 0. The summed E-state index contributed by atoms with van der Waals surface area (Å²) in [4.78, 5) is 14.4. The standard InChI is InChI=1S/C51H34N4/c1-5-17-35(18-6-1)46-34-47(36-19-7-2-8-20-36)54-51(53-46)38-31-29-37(30-32-38)50-44-33-48(55(39-21-9-3-10-22-39)40-23-11-4-12-24-40)41-25-13-14-26-42(41)49(44)43-27-15-16-28-45(43)52-50/h1-34H/i1D,2D,3D,5D,6D,7D,9D,10D,11D,13D,16D,17D,18D,19D,21D,23D,25D,26D,27D,28D,29D,30D,31D,32D,33D,34D. The fraction of sp³-hybridized carbons (Fsp3) is 0. The molecule has 2 aromatic heterocycles. The number of rotatable bonds is 7. The third-order valence-corrected chi connectivity index (χ3v) is 8.37. The first-order valence-electron chi connectivity index (χ1n) is 29.4. The Hall–Kier alpha value is -7.43. The molecule has 4 heteroatoms. The first-order chi connectivity index (χ1) is 38.0. The maximum atomic E-state index is 10.3. The van der Waals surface area contributed by atoms with Gasteiger partial charge in [0.25, 0.3) is 0 Å². The van der Waals surface area contributed by atoms with Crippen LogP contribution in [0.5, 0.6) is 0 Å². The van der Waals surface area contributed by atoms with Crippen LogP contribution in [0, 0.1) is 0 Å². The van der Waals surface area contributed by atoms with Gasteiger partial charge in [0.2, 0.25) is 0 Å². The van der Waals surface area contributed by atoms with E-state index in [9.17, 15) is 12.3 Å². The number of para-hydroxylation sites is 3. The average molecular weight is 729 g/mol. The number of anilines is 3. The molecule has 10 aromatic rings. The van der Waals surface area contributed by atoms with Crippen LogP contribution in [0.25, 0.3) is 77.6 Å². The van der Waals surface area contributed by atoms with Gasteiger partial charge in [0.05, 0.1) is 63.9 Å². The maximum absolute atomic E-state index is 10.3. The lowest BCUT2D eigenvalue weighted by Gasteiger charge is -2.28. The summed E-state index contributed by atoms with van der Waals surface area (Å²) >= 11 is 0. The Bertz CT molecular complexity index is 4450. The van der Waals surface area contributed by atoms with Gasteiger partial charge in [-0.3, -0.25) is 0 Å². The molecule has 4 nitrogen and oxygen atoms in total. The Morgan fingerprint density at radius 2 is 1.09 bits per heavy atom. The predicted octanol–water partition coefficient (Wildman–Crippen LogP) is 13.5. The molecule has 0 unspecified atom stereocenters. The van der Waals surface area contributed by atoms with E-state index in [1.165, 1.54) is 18.2 Å². The molecule has 0 N–H and O–H groups in total. The first-order valence-corrected chi connectivity index (χ1v) is 16.4. The van der Waals surface area contributed by atoms with Gasteiger partial charge in [-0.1, -0.05) is 163 Å². The molecule has 0 saturated carbocycles. The highest BCUT2D eigenvalue weighted by Crippen LogP contribution is 2.45. The Kier molecular flexibility index (Phi) is 3.81. The Balaban J connectivity index is 1.41. The van der Waals surface area contributed by atoms with Crippen molar-refractivity contribution in [2.24, 2.45) is 0 Å². The lowest BCUT2D eigenvalue weighted by atomic mass is 9.93. The smallest absolute Gasteiger partial charge is 0.160 e. The van der Waals surface area contributed by atoms with Crippen LogP contribution in [-0.2, 0) is 0 Å². The molecule has 0 amide bonds. The van der Waals surface area contributed by atoms with Gasteiger partial charge in [-0.05, 0) is 47.7 Å². The van der Waals surface area contributed by atoms with Gasteiger partial charge in [0, 0.05) is 55.2 Å². The number of fused-ring (bicyclic) bond motifs is 5. The summed E-state index contributed by atoms with van der Waals surface area (Å²) in [7, 11) is 0. The second-order valence-corrected chi connectivity index (χ2v) is 11.6. The van der Waals surface area contributed by atoms with Crippen LogP contribution in [0.1, 0.15) is 35.6 Å². The molecule has 0 atom stereocenters. The monoisotopic (exact) mass is 728 g/mol. The summed E-state index contributed by atoms with van der Waals surface area (Å²) in [6.45, 7) is 0. The maximum Gasteiger partial charge on any atom is 0.160 e. The Morgan fingerprint density at radius 1 is 0.400 bits per heavy atom. The second-order valence-electron chi connectivity index (χ2n) is 11.6. The highest BCUT2D eigenvalue weighted by atomic mass is 15.1. The summed E-state index contributed by atoms with van der Waals surface area (Å²) in [5.74, 6) is -0.775. The summed E-state index contributed by atoms with van der Waals surface area (Å²) in [6.07, 6.45) is 0. The second kappa shape index (κ2) is 13.8. The zero-order valence-electron chi connectivity index (χ0n) is 53.9. The summed E-state index contributed by atoms with van der Waals surface area (Å²) in [5.41, 5.74) is -6.35. The van der Waals surface area contributed by atoms with E-state index in [1.54, 1.807) is 0 Å². The van der Waals surface area contributed by atoms with Crippen LogP contribution in [0.3, 0.4) is 0 Å². The van der Waals surface area contributed by atoms with Crippen LogP contribution in [0.15, 0.2) is 206 Å². The summed E-state index contributed by atoms with van der Waals surface area (Å²) < 4.78 is 234. The Morgan fingerprint density at radius 3 is 1.98 bits per heavy atom. The molecule has 8 aromatic carbocycles. The van der Waals surface area contributed by atoms with Crippen molar-refractivity contribution in [2.75, 3.05) is 4.90 Å². The number of benzene rings is 8. The molecule has 0 aliphatic heterocycles. The van der Waals surface area contributed by atoms with E-state index in [-0.39, 0.29) is 27.4 Å². The number of nitrogens with zero attached hydrogens (tertiary/aromatic N) is 4. The van der Waals surface area contributed by atoms with Crippen LogP contribution in [-0.4, -0.2) is 15.0 Å². The fourth-order valence-electron chi connectivity index (χ4n) is 6.02. The minimum absolute atomic E-state index is 0.314. The molecule has 0 radical (unpaired) electrons. The van der Waals surface area contributed by atoms with E-state index in [0.29, 0.717) is 0 Å². The normalized spacial score (nSPS) is 17.9. The molecule has 0 spiro atoms. The number of pyridine rings is 1. The van der Waals surface area contributed by atoms with Gasteiger partial charge in [-0.2, -0.15) is 0 Å². The molecule has 0 saturated heterocycles. The highest BCUT2D eigenvalue weighted by Gasteiger charge is 2.21. The minimum Gasteiger partial charge on any atom is -0.310 e. The van der Waals surface area contributed by atoms with Crippen LogP contribution >= 0.6 is 0 Å². The SMILES string of the molecule is [2H]c1cccc(N(c2cc([2H])c([2H])c([2H])c2[2H])c2c([2H])c3c(-c4c([2H])c([2H])c(-c5nc(-c6ccc([2H])c([2H])c6[2H])c([2H])c(-c6c([2H])c([2H])c([2H])c([2H])c6[2H])n5)c([2H])c4[2H])nc4c([2H])c([2H])cc([2H])c4c3c3c([2H])cc([2H])c([2H])c23)c1[2H]. The minimum atomic E-state index is -1.00. The van der Waals surface area contributed by atoms with Crippen molar-refractivity contribution in [1.29, 1.82) is 0 Å². The van der Waals surface area contributed by atoms with Crippen molar-refractivity contribution in [3.8, 4) is 45.2 Å². The van der Waals surface area contributed by atoms with E-state index in [1.807, 2.05) is 0 Å². The van der Waals surface area contributed by atoms with Crippen molar-refractivity contribution in [1.82, 2.24) is 15.0 Å². The van der Waals surface area contributed by atoms with Gasteiger partial charge in [-0.15, -0.1) is 0 Å². The number of hydrogen-bond acceptors (Lipinski definition) is 4. The molecule has 0 aliphatic rings. The quantitative estimate of drug-likeness (QED) is 0.153. The average Bonchev–Trinajstić information content (AvgIpc) is 3.56. The lowest BCUT2D eigenvalue weighted by molar-refractivity contribution is 1.18. The molecule has 10 rings (SSSR count). The molecule has 0 aliphatic carbocycles. The Labute approximate surface area is 356 Å². The van der Waals surface area contributed by atoms with E-state index in [0.717, 1.165) is 35.2 Å². The van der Waals surface area contributed by atoms with E-state index >= 15 is 0 Å². The molecular formula is C51H34N4. The van der Waals surface area contributed by atoms with Crippen molar-refractivity contribution in [3.63, 3.8) is 0 Å². The van der Waals surface area contributed by atoms with Crippen molar-refractivity contribution in [3.05, 3.63) is 206 Å². The van der Waals surface area contributed by atoms with Crippen molar-refractivity contribution >= 4 is 49.5 Å². The van der Waals surface area contributed by atoms with E-state index in [4.69, 9.17) is 23.3 Å². The molecule has 258 valence electrons. The van der Waals surface area contributed by atoms with Gasteiger partial charge >= 0.3 is 0 Å². The van der Waals surface area contributed by atoms with Crippen LogP contribution < -0.4 is 4.90 Å². The van der Waals surface area contributed by atoms with E-state index in [2.05, 4.69) is 15.0 Å². The van der Waals surface area contributed by atoms with Crippen molar-refractivity contribution < 1.29 is 35.6 Å². The summed E-state index contributed by atoms with van der Waals surface area (Å²) in [6, 6.07) is -10.1. The van der Waals surface area contributed by atoms with Crippen LogP contribution in [0.2, 0.25) is 0 Å². The van der Waals surface area contributed by atoms with Crippen LogP contribution in [0.4, 0.5) is 17.1 Å². The van der Waals surface area contributed by atoms with Gasteiger partial charge in [0.1, 0.15) is 0 Å². The molecule has 55 heavy (non-hydrogen) atoms. The molecule has 0 bridgehead atoms. The first kappa shape index (κ1) is 15.1. The number of aromatic nitrogens is 3. The highest BCUT2D eigenvalue weighted by molar-refractivity contribution is 6.25. The van der Waals surface area contributed by atoms with Gasteiger partial charge in [-0.25, -0.2) is 15.0 Å². The predicted molar refractivity (Wildman–Crippen MR) is 229 cm³/mol. The molecule has 0 fully saturated rings. The molecule has 2 heterocycles. The van der Waals surface area contributed by atoms with E-state index < -0.39 is 224 Å². The third kappa shape index (κ3) is 5.96.